The van der Waals surface area contributed by atoms with Gasteiger partial charge in [-0.05, 0) is 70.5 Å². The molecule has 2 aromatic rings. The Hall–Kier alpha value is -3.27. The normalized spacial score (nSPS) is 16.2. The van der Waals surface area contributed by atoms with Gasteiger partial charge in [0, 0.05) is 11.8 Å². The molecule has 1 saturated carbocycles. The average Bonchev–Trinajstić information content (AvgIpc) is 2.91. The smallest absolute Gasteiger partial charge is 0.416 e. The molecule has 202 valence electrons. The predicted molar refractivity (Wildman–Crippen MR) is 137 cm³/mol. The molecule has 0 aliphatic heterocycles. The van der Waals surface area contributed by atoms with Crippen LogP contribution in [0, 0.1) is 0 Å². The SMILES string of the molecule is CC(CNC=O)Oc1cccnc1.CCN(C)C1(/N=C(\C=O)c2ccc(C(F)(F)F)cc2)CCCCC1. The second kappa shape index (κ2) is 14.5. The van der Waals surface area contributed by atoms with Gasteiger partial charge >= 0.3 is 6.18 Å². The number of benzene rings is 1. The van der Waals surface area contributed by atoms with Crippen LogP contribution in [0.1, 0.15) is 57.1 Å². The zero-order valence-electron chi connectivity index (χ0n) is 21.5. The first-order valence-electron chi connectivity index (χ1n) is 12.3. The van der Waals surface area contributed by atoms with Gasteiger partial charge in [0.1, 0.15) is 23.2 Å². The lowest BCUT2D eigenvalue weighted by Gasteiger charge is -2.41. The minimum absolute atomic E-state index is 0.0469. The first-order valence-corrected chi connectivity index (χ1v) is 12.3. The highest BCUT2D eigenvalue weighted by molar-refractivity contribution is 6.36. The highest BCUT2D eigenvalue weighted by atomic mass is 19.4. The molecule has 0 saturated heterocycles. The molecule has 0 bridgehead atoms. The summed E-state index contributed by atoms with van der Waals surface area (Å²) in [6.45, 7) is 5.20. The van der Waals surface area contributed by atoms with Crippen molar-refractivity contribution in [2.75, 3.05) is 20.1 Å². The second-order valence-corrected chi connectivity index (χ2v) is 8.89. The largest absolute Gasteiger partial charge is 0.487 e. The first-order chi connectivity index (χ1) is 17.6. The predicted octanol–water partition coefficient (Wildman–Crippen LogP) is 4.90. The van der Waals surface area contributed by atoms with Gasteiger partial charge in [0.2, 0.25) is 6.41 Å². The van der Waals surface area contributed by atoms with Crippen molar-refractivity contribution in [2.24, 2.45) is 4.99 Å². The number of aromatic nitrogens is 1. The number of pyridine rings is 1. The fraction of sp³-hybridized carbons (Fsp3) is 0.481. The van der Waals surface area contributed by atoms with E-state index in [0.29, 0.717) is 30.6 Å². The van der Waals surface area contributed by atoms with E-state index in [9.17, 15) is 22.8 Å². The van der Waals surface area contributed by atoms with Gasteiger partial charge in [-0.15, -0.1) is 0 Å². The molecule has 1 amide bonds. The van der Waals surface area contributed by atoms with Gasteiger partial charge in [-0.1, -0.05) is 25.5 Å². The zero-order chi connectivity index (χ0) is 27.3. The lowest BCUT2D eigenvalue weighted by atomic mass is 9.87. The topological polar surface area (TPSA) is 83.9 Å². The molecule has 7 nitrogen and oxygen atoms in total. The van der Waals surface area contributed by atoms with Crippen molar-refractivity contribution >= 4 is 18.4 Å². The van der Waals surface area contributed by atoms with Crippen LogP contribution in [0.4, 0.5) is 13.2 Å². The third-order valence-corrected chi connectivity index (χ3v) is 6.25. The summed E-state index contributed by atoms with van der Waals surface area (Å²) < 4.78 is 43.5. The summed E-state index contributed by atoms with van der Waals surface area (Å²) in [5.41, 5.74) is -0.528. The minimum Gasteiger partial charge on any atom is -0.487 e. The summed E-state index contributed by atoms with van der Waals surface area (Å²) in [6, 6.07) is 8.24. The highest BCUT2D eigenvalue weighted by Crippen LogP contribution is 2.35. The number of aldehydes is 1. The standard InChI is InChI=1S/C18H23F3N2O.C9H12N2O2/c1-3-23(2)17(11-5-4-6-12-17)22-16(13-24)14-7-9-15(10-8-14)18(19,20)21;1-8(5-11-7-12)13-9-3-2-4-10-6-9/h7-10,13H,3-6,11-12H2,1-2H3;2-4,6-8H,5H2,1H3,(H,11,12)/b22-16+;. The van der Waals surface area contributed by atoms with Crippen LogP contribution in [-0.4, -0.2) is 60.2 Å². The maximum absolute atomic E-state index is 12.7. The molecular weight excluding hydrogens is 485 g/mol. The van der Waals surface area contributed by atoms with Crippen LogP contribution >= 0.6 is 0 Å². The molecule has 1 aliphatic carbocycles. The van der Waals surface area contributed by atoms with E-state index < -0.39 is 17.4 Å². The summed E-state index contributed by atoms with van der Waals surface area (Å²) in [5.74, 6) is 0.711. The Balaban J connectivity index is 0.000000312. The zero-order valence-corrected chi connectivity index (χ0v) is 21.5. The Bertz CT molecular complexity index is 992. The van der Waals surface area contributed by atoms with Crippen LogP contribution in [0.3, 0.4) is 0 Å². The van der Waals surface area contributed by atoms with Crippen molar-refractivity contribution in [1.29, 1.82) is 0 Å². The highest BCUT2D eigenvalue weighted by Gasteiger charge is 2.35. The van der Waals surface area contributed by atoms with E-state index in [1.54, 1.807) is 18.5 Å². The fourth-order valence-electron chi connectivity index (χ4n) is 4.11. The lowest BCUT2D eigenvalue weighted by molar-refractivity contribution is -0.137. The number of carbonyl (C=O) groups excluding carboxylic acids is 2. The number of nitrogens with one attached hydrogen (secondary N) is 1. The van der Waals surface area contributed by atoms with Crippen LogP contribution in [0.15, 0.2) is 53.8 Å². The number of amides is 1. The third-order valence-electron chi connectivity index (χ3n) is 6.25. The summed E-state index contributed by atoms with van der Waals surface area (Å²) in [4.78, 5) is 32.3. The van der Waals surface area contributed by atoms with Gasteiger partial charge in [-0.3, -0.25) is 24.5 Å². The van der Waals surface area contributed by atoms with Crippen molar-refractivity contribution < 1.29 is 27.5 Å². The van der Waals surface area contributed by atoms with Gasteiger partial charge in [-0.25, -0.2) is 0 Å². The average molecular weight is 521 g/mol. The number of ether oxygens (including phenoxy) is 1. The van der Waals surface area contributed by atoms with Crippen molar-refractivity contribution in [3.63, 3.8) is 0 Å². The number of aliphatic imine (C=N–C) groups is 1. The van der Waals surface area contributed by atoms with E-state index in [2.05, 4.69) is 15.2 Å². The Kier molecular flexibility index (Phi) is 11.7. The van der Waals surface area contributed by atoms with Crippen LogP contribution in [-0.2, 0) is 15.8 Å². The van der Waals surface area contributed by atoms with Crippen LogP contribution in [0.2, 0.25) is 0 Å². The lowest BCUT2D eigenvalue weighted by Crippen LogP contribution is -2.47. The molecule has 10 heteroatoms. The summed E-state index contributed by atoms with van der Waals surface area (Å²) in [5, 5.41) is 2.54. The van der Waals surface area contributed by atoms with Gasteiger partial charge in [0.05, 0.1) is 18.3 Å². The molecule has 1 fully saturated rings. The van der Waals surface area contributed by atoms with E-state index >= 15 is 0 Å². The number of hydrogen-bond donors (Lipinski definition) is 1. The maximum Gasteiger partial charge on any atom is 0.416 e. The first kappa shape index (κ1) is 30.0. The van der Waals surface area contributed by atoms with Gasteiger partial charge < -0.3 is 10.1 Å². The second-order valence-electron chi connectivity index (χ2n) is 8.89. The molecule has 1 heterocycles. The van der Waals surface area contributed by atoms with E-state index in [-0.39, 0.29) is 11.8 Å². The number of alkyl halides is 3. The molecule has 1 atom stereocenters. The summed E-state index contributed by atoms with van der Waals surface area (Å²) in [6.07, 6.45) is 5.11. The fourth-order valence-corrected chi connectivity index (χ4v) is 4.11. The Morgan fingerprint density at radius 3 is 2.38 bits per heavy atom. The van der Waals surface area contributed by atoms with Crippen LogP contribution < -0.4 is 10.1 Å². The van der Waals surface area contributed by atoms with Crippen molar-refractivity contribution in [3.05, 3.63) is 59.9 Å². The van der Waals surface area contributed by atoms with Crippen LogP contribution in [0.25, 0.3) is 0 Å². The molecule has 1 aliphatic rings. The molecule has 1 unspecified atom stereocenters. The maximum atomic E-state index is 12.7. The van der Waals surface area contributed by atoms with Crippen molar-refractivity contribution in [3.8, 4) is 5.75 Å². The molecule has 3 rings (SSSR count). The Labute approximate surface area is 216 Å². The number of halogens is 3. The molecule has 1 aromatic carbocycles. The molecule has 0 radical (unpaired) electrons. The molecule has 37 heavy (non-hydrogen) atoms. The quantitative estimate of drug-likeness (QED) is 0.356. The van der Waals surface area contributed by atoms with Gasteiger partial charge in [0.25, 0.3) is 0 Å². The molecular formula is C27H35F3N4O3. The molecule has 1 N–H and O–H groups in total. The van der Waals surface area contributed by atoms with Gasteiger partial charge in [0.15, 0.2) is 6.29 Å². The summed E-state index contributed by atoms with van der Waals surface area (Å²) >= 11 is 0. The van der Waals surface area contributed by atoms with Gasteiger partial charge in [-0.2, -0.15) is 13.2 Å². The molecule has 0 spiro atoms. The van der Waals surface area contributed by atoms with Crippen molar-refractivity contribution in [2.45, 2.75) is 63.9 Å². The number of carbonyl (C=O) groups is 2. The third kappa shape index (κ3) is 9.27. The van der Waals surface area contributed by atoms with Crippen molar-refractivity contribution in [1.82, 2.24) is 15.2 Å². The van der Waals surface area contributed by atoms with E-state index in [4.69, 9.17) is 9.73 Å². The number of hydrogen-bond acceptors (Lipinski definition) is 6. The van der Waals surface area contributed by atoms with E-state index in [1.165, 1.54) is 12.1 Å². The number of rotatable bonds is 10. The number of nitrogens with zero attached hydrogens (tertiary/aromatic N) is 3. The summed E-state index contributed by atoms with van der Waals surface area (Å²) in [7, 11) is 1.98. The van der Waals surface area contributed by atoms with E-state index in [0.717, 1.165) is 50.8 Å². The Morgan fingerprint density at radius 1 is 1.19 bits per heavy atom. The van der Waals surface area contributed by atoms with E-state index in [1.807, 2.05) is 27.0 Å². The van der Waals surface area contributed by atoms with Crippen LogP contribution in [0.5, 0.6) is 5.75 Å². The monoisotopic (exact) mass is 520 g/mol. The Morgan fingerprint density at radius 2 is 1.86 bits per heavy atom. The minimum atomic E-state index is -4.38. The molecule has 1 aromatic heterocycles.